The largest absolute Gasteiger partial charge is 0.755 e. The summed E-state index contributed by atoms with van der Waals surface area (Å²) in [6.45, 7) is -0.725. The summed E-state index contributed by atoms with van der Waals surface area (Å²) in [7, 11) is 1.73. The summed E-state index contributed by atoms with van der Waals surface area (Å²) in [5, 5.41) is 10.9. The molecule has 13 heteroatoms. The number of nitrogens with one attached hydrogen (secondary N) is 1. The molecule has 1 aromatic carbocycles. The number of rotatable bonds is 8. The number of nitrogens with zero attached hydrogens (tertiary/aromatic N) is 6. The number of aromatic nitrogens is 6. The van der Waals surface area contributed by atoms with Crippen LogP contribution < -0.4 is 15.6 Å². The monoisotopic (exact) mass is 486 g/mol. The molecule has 0 radical (unpaired) electrons. The van der Waals surface area contributed by atoms with E-state index in [1.54, 1.807) is 36.4 Å². The lowest BCUT2D eigenvalue weighted by Crippen LogP contribution is -2.42. The number of anilines is 1. The van der Waals surface area contributed by atoms with Gasteiger partial charge in [-0.25, -0.2) is 9.18 Å². The average Bonchev–Trinajstić information content (AvgIpc) is 3.20. The number of halogens is 1. The highest BCUT2D eigenvalue weighted by atomic mass is 32.2. The molecule has 0 bridgehead atoms. The highest BCUT2D eigenvalue weighted by molar-refractivity contribution is 7.80. The Labute approximate surface area is 194 Å². The smallest absolute Gasteiger partial charge is 0.332 e. The van der Waals surface area contributed by atoms with E-state index in [4.69, 9.17) is 0 Å². The van der Waals surface area contributed by atoms with Crippen molar-refractivity contribution in [1.82, 2.24) is 29.1 Å². The van der Waals surface area contributed by atoms with Gasteiger partial charge in [0.2, 0.25) is 0 Å². The summed E-state index contributed by atoms with van der Waals surface area (Å²) in [5.41, 5.74) is -0.425. The van der Waals surface area contributed by atoms with Gasteiger partial charge in [0.1, 0.15) is 6.67 Å². The van der Waals surface area contributed by atoms with Crippen molar-refractivity contribution in [2.75, 3.05) is 11.0 Å². The first-order valence-corrected chi connectivity index (χ1v) is 11.5. The molecule has 11 nitrogen and oxygen atoms in total. The SMILES string of the molecule is Cn1cc(Cn2c(=O)c3cc(N(S(=O)[O-])C4(CF)CC4)ccc3n(Cc3ccn[nH]3)c2=O)cn1. The minimum Gasteiger partial charge on any atom is -0.755 e. The van der Waals surface area contributed by atoms with Gasteiger partial charge in [0.25, 0.3) is 5.56 Å². The fraction of sp³-hybridized carbons (Fsp3) is 0.333. The van der Waals surface area contributed by atoms with Gasteiger partial charge in [0, 0.05) is 42.0 Å². The molecule has 0 spiro atoms. The fourth-order valence-electron chi connectivity index (χ4n) is 4.16. The van der Waals surface area contributed by atoms with E-state index in [1.807, 2.05) is 0 Å². The molecule has 1 fully saturated rings. The molecular formula is C21H21FN7O4S-. The molecular weight excluding hydrogens is 465 g/mol. The standard InChI is InChI=1S/C21H22FN7O4S/c1-26-10-14(9-24-26)11-28-19(30)17-8-16(29(34(32)33)21(13-22)5-6-21)2-3-18(17)27(20(28)31)12-15-4-7-23-25-15/h2-4,7-10H,5-6,11-13H2,1H3,(H,23,25)(H,32,33)/p-1. The van der Waals surface area contributed by atoms with Crippen LogP contribution in [0.2, 0.25) is 0 Å². The number of hydrogen-bond donors (Lipinski definition) is 1. The van der Waals surface area contributed by atoms with Gasteiger partial charge in [-0.1, -0.05) is 0 Å². The van der Waals surface area contributed by atoms with Crippen molar-refractivity contribution in [2.45, 2.75) is 31.5 Å². The Balaban J connectivity index is 1.72. The summed E-state index contributed by atoms with van der Waals surface area (Å²) in [6, 6.07) is 6.13. The number of fused-ring (bicyclic) bond motifs is 1. The van der Waals surface area contributed by atoms with Crippen molar-refractivity contribution >= 4 is 27.9 Å². The van der Waals surface area contributed by atoms with Gasteiger partial charge < -0.3 is 4.55 Å². The number of alkyl halides is 1. The zero-order valence-corrected chi connectivity index (χ0v) is 19.0. The predicted molar refractivity (Wildman–Crippen MR) is 122 cm³/mol. The normalized spacial score (nSPS) is 15.5. The second kappa shape index (κ2) is 8.33. The molecule has 1 N–H and O–H groups in total. The van der Waals surface area contributed by atoms with Crippen LogP contribution >= 0.6 is 0 Å². The van der Waals surface area contributed by atoms with Gasteiger partial charge in [0.05, 0.1) is 41.4 Å². The lowest BCUT2D eigenvalue weighted by molar-refractivity contribution is 0.411. The first-order valence-electron chi connectivity index (χ1n) is 10.5. The lowest BCUT2D eigenvalue weighted by atomic mass is 10.1. The molecule has 34 heavy (non-hydrogen) atoms. The van der Waals surface area contributed by atoms with Crippen molar-refractivity contribution in [2.24, 2.45) is 7.05 Å². The van der Waals surface area contributed by atoms with E-state index in [1.165, 1.54) is 22.8 Å². The number of hydrogen-bond acceptors (Lipinski definition) is 6. The predicted octanol–water partition coefficient (Wildman–Crippen LogP) is 0.819. The molecule has 0 amide bonds. The fourth-order valence-corrected chi connectivity index (χ4v) is 5.00. The molecule has 5 rings (SSSR count). The summed E-state index contributed by atoms with van der Waals surface area (Å²) >= 11 is -2.74. The summed E-state index contributed by atoms with van der Waals surface area (Å²) in [4.78, 5) is 26.8. The molecule has 178 valence electrons. The summed E-state index contributed by atoms with van der Waals surface area (Å²) in [6.07, 6.45) is 5.60. The van der Waals surface area contributed by atoms with Crippen LogP contribution in [0.5, 0.6) is 0 Å². The second-order valence-electron chi connectivity index (χ2n) is 8.44. The summed E-state index contributed by atoms with van der Waals surface area (Å²) < 4.78 is 42.8. The zero-order chi connectivity index (χ0) is 24.0. The van der Waals surface area contributed by atoms with Gasteiger partial charge in [-0.15, -0.1) is 0 Å². The Morgan fingerprint density at radius 3 is 2.62 bits per heavy atom. The Morgan fingerprint density at radius 1 is 1.24 bits per heavy atom. The van der Waals surface area contributed by atoms with Gasteiger partial charge in [0.15, 0.2) is 0 Å². The van der Waals surface area contributed by atoms with Gasteiger partial charge in [-0.3, -0.25) is 32.2 Å². The highest BCUT2D eigenvalue weighted by Gasteiger charge is 2.49. The van der Waals surface area contributed by atoms with Crippen LogP contribution in [0.4, 0.5) is 10.1 Å². The Bertz CT molecular complexity index is 1500. The maximum absolute atomic E-state index is 13.7. The van der Waals surface area contributed by atoms with Gasteiger partial charge in [-0.05, 0) is 37.1 Å². The van der Waals surface area contributed by atoms with Gasteiger partial charge in [-0.2, -0.15) is 10.2 Å². The van der Waals surface area contributed by atoms with E-state index in [9.17, 15) is 22.7 Å². The van der Waals surface area contributed by atoms with E-state index in [-0.39, 0.29) is 24.2 Å². The number of aryl methyl sites for hydroxylation is 1. The first-order chi connectivity index (χ1) is 16.3. The van der Waals surface area contributed by atoms with Gasteiger partial charge >= 0.3 is 5.69 Å². The van der Waals surface area contributed by atoms with Crippen molar-refractivity contribution in [3.05, 3.63) is 75.0 Å². The highest BCUT2D eigenvalue weighted by Crippen LogP contribution is 2.45. The number of H-pyrrole nitrogens is 1. The van der Waals surface area contributed by atoms with Crippen LogP contribution in [0.25, 0.3) is 10.9 Å². The quantitative estimate of drug-likeness (QED) is 0.367. The second-order valence-corrected chi connectivity index (χ2v) is 9.23. The van der Waals surface area contributed by atoms with E-state index < -0.39 is 34.7 Å². The molecule has 0 saturated heterocycles. The lowest BCUT2D eigenvalue weighted by Gasteiger charge is -2.33. The van der Waals surface area contributed by atoms with Crippen molar-refractivity contribution in [1.29, 1.82) is 0 Å². The molecule has 3 aromatic heterocycles. The molecule has 1 unspecified atom stereocenters. The maximum atomic E-state index is 13.7. The Morgan fingerprint density at radius 2 is 2.03 bits per heavy atom. The van der Waals surface area contributed by atoms with Crippen molar-refractivity contribution in [3.8, 4) is 0 Å². The number of benzene rings is 1. The van der Waals surface area contributed by atoms with Crippen molar-refractivity contribution < 1.29 is 13.2 Å². The Hall–Kier alpha value is -3.58. The third-order valence-corrected chi connectivity index (χ3v) is 6.98. The van der Waals surface area contributed by atoms with E-state index in [0.717, 1.165) is 8.87 Å². The topological polar surface area (TPSA) is 134 Å². The minimum atomic E-state index is -2.74. The van der Waals surface area contributed by atoms with Crippen molar-refractivity contribution in [3.63, 3.8) is 0 Å². The maximum Gasteiger partial charge on any atom is 0.332 e. The third kappa shape index (κ3) is 3.76. The molecule has 1 saturated carbocycles. The molecule has 1 aliphatic carbocycles. The molecule has 4 aromatic rings. The number of aromatic amines is 1. The average molecular weight is 487 g/mol. The minimum absolute atomic E-state index is 0.0136. The molecule has 3 heterocycles. The third-order valence-electron chi connectivity index (χ3n) is 6.08. The van der Waals surface area contributed by atoms with Crippen LogP contribution in [-0.2, 0) is 31.4 Å². The van der Waals surface area contributed by atoms with Crippen LogP contribution in [-0.4, -0.2) is 50.1 Å². The molecule has 0 aliphatic heterocycles. The first kappa shape index (κ1) is 22.2. The van der Waals surface area contributed by atoms with Crippen LogP contribution in [0.1, 0.15) is 24.1 Å². The van der Waals surface area contributed by atoms with E-state index >= 15 is 0 Å². The van der Waals surface area contributed by atoms with Crippen LogP contribution in [0.3, 0.4) is 0 Å². The van der Waals surface area contributed by atoms with E-state index in [0.29, 0.717) is 29.6 Å². The Kier molecular flexibility index (Phi) is 5.44. The molecule has 1 aliphatic rings. The van der Waals surface area contributed by atoms with Crippen LogP contribution in [0, 0.1) is 0 Å². The summed E-state index contributed by atoms with van der Waals surface area (Å²) in [5.74, 6) is 0. The molecule has 1 atom stereocenters. The zero-order valence-electron chi connectivity index (χ0n) is 18.2. The van der Waals surface area contributed by atoms with E-state index in [2.05, 4.69) is 15.3 Å². The van der Waals surface area contributed by atoms with Crippen LogP contribution in [0.15, 0.2) is 52.4 Å².